The monoisotopic (exact) mass is 393 g/mol. The zero-order valence-corrected chi connectivity index (χ0v) is 16.5. The van der Waals surface area contributed by atoms with Gasteiger partial charge in [0.1, 0.15) is 17.3 Å². The molecule has 0 aliphatic carbocycles. The summed E-state index contributed by atoms with van der Waals surface area (Å²) < 4.78 is 23.7. The lowest BCUT2D eigenvalue weighted by molar-refractivity contribution is 0.0936. The first-order chi connectivity index (χ1) is 14.1. The van der Waals surface area contributed by atoms with Crippen molar-refractivity contribution in [2.24, 2.45) is 0 Å². The molecule has 0 aliphatic rings. The average Bonchev–Trinajstić information content (AvgIpc) is 2.76. The van der Waals surface area contributed by atoms with Crippen LogP contribution in [-0.2, 0) is 12.8 Å². The zero-order valence-electron chi connectivity index (χ0n) is 16.5. The van der Waals surface area contributed by atoms with Crippen molar-refractivity contribution < 1.29 is 18.7 Å². The van der Waals surface area contributed by atoms with E-state index in [1.807, 2.05) is 24.3 Å². The Morgan fingerprint density at radius 3 is 2.03 bits per heavy atom. The number of methoxy groups -OCH3 is 2. The van der Waals surface area contributed by atoms with E-state index in [4.69, 9.17) is 9.47 Å². The lowest BCUT2D eigenvalue weighted by Gasteiger charge is -2.20. The molecule has 0 heterocycles. The van der Waals surface area contributed by atoms with Gasteiger partial charge in [-0.25, -0.2) is 4.39 Å². The van der Waals surface area contributed by atoms with Crippen LogP contribution in [0.3, 0.4) is 0 Å². The molecule has 29 heavy (non-hydrogen) atoms. The number of carbonyl (C=O) groups is 1. The fourth-order valence-corrected chi connectivity index (χ4v) is 3.16. The smallest absolute Gasteiger partial charge is 0.251 e. The van der Waals surface area contributed by atoms with Crippen molar-refractivity contribution >= 4 is 5.91 Å². The highest BCUT2D eigenvalue weighted by atomic mass is 19.1. The van der Waals surface area contributed by atoms with E-state index in [1.165, 1.54) is 12.1 Å². The van der Waals surface area contributed by atoms with E-state index in [-0.39, 0.29) is 17.8 Å². The molecule has 1 amide bonds. The van der Waals surface area contributed by atoms with Crippen LogP contribution in [-0.4, -0.2) is 26.2 Å². The third-order valence-corrected chi connectivity index (χ3v) is 4.70. The second kappa shape index (κ2) is 9.73. The van der Waals surface area contributed by atoms with Crippen molar-refractivity contribution in [3.05, 3.63) is 95.3 Å². The van der Waals surface area contributed by atoms with Crippen LogP contribution in [0.2, 0.25) is 0 Å². The summed E-state index contributed by atoms with van der Waals surface area (Å²) in [5.74, 6) is 0.956. The zero-order chi connectivity index (χ0) is 20.6. The second-order valence-electron chi connectivity index (χ2n) is 6.79. The molecule has 1 atom stereocenters. The minimum Gasteiger partial charge on any atom is -0.497 e. The summed E-state index contributed by atoms with van der Waals surface area (Å²) in [6.07, 6.45) is 1.22. The van der Waals surface area contributed by atoms with Gasteiger partial charge < -0.3 is 14.8 Å². The molecule has 1 N–H and O–H groups in total. The molecule has 0 saturated carbocycles. The molecule has 0 saturated heterocycles. The average molecular weight is 393 g/mol. The van der Waals surface area contributed by atoms with Gasteiger partial charge in [0.2, 0.25) is 0 Å². The summed E-state index contributed by atoms with van der Waals surface area (Å²) in [7, 11) is 3.19. The molecule has 4 nitrogen and oxygen atoms in total. The molecule has 0 spiro atoms. The largest absolute Gasteiger partial charge is 0.497 e. The molecule has 0 fully saturated rings. The maximum atomic E-state index is 13.3. The standard InChI is InChI=1S/C24H24FNO3/c1-28-22-12-8-18(9-13-22)15-21(14-17-6-10-20(25)11-7-17)26-24(27)19-4-3-5-23(16-19)29-2/h3-13,16,21H,14-15H2,1-2H3,(H,26,27)/t21-/m1/s1. The lowest BCUT2D eigenvalue weighted by atomic mass is 9.98. The van der Waals surface area contributed by atoms with Crippen molar-refractivity contribution in [3.63, 3.8) is 0 Å². The molecular formula is C24H24FNO3. The van der Waals surface area contributed by atoms with Gasteiger partial charge in [-0.3, -0.25) is 4.79 Å². The van der Waals surface area contributed by atoms with E-state index in [0.29, 0.717) is 24.2 Å². The molecule has 3 aromatic rings. The van der Waals surface area contributed by atoms with Crippen molar-refractivity contribution in [1.82, 2.24) is 5.32 Å². The molecule has 0 aromatic heterocycles. The fraction of sp³-hybridized carbons (Fsp3) is 0.208. The van der Waals surface area contributed by atoms with Gasteiger partial charge in [0, 0.05) is 11.6 Å². The van der Waals surface area contributed by atoms with E-state index in [2.05, 4.69) is 5.32 Å². The normalized spacial score (nSPS) is 11.6. The van der Waals surface area contributed by atoms with Crippen molar-refractivity contribution in [3.8, 4) is 11.5 Å². The van der Waals surface area contributed by atoms with Gasteiger partial charge in [0.25, 0.3) is 5.91 Å². The lowest BCUT2D eigenvalue weighted by Crippen LogP contribution is -2.38. The first-order valence-corrected chi connectivity index (χ1v) is 9.39. The van der Waals surface area contributed by atoms with E-state index in [9.17, 15) is 9.18 Å². The molecule has 5 heteroatoms. The summed E-state index contributed by atoms with van der Waals surface area (Å²) >= 11 is 0. The Balaban J connectivity index is 1.78. The summed E-state index contributed by atoms with van der Waals surface area (Å²) in [6, 6.07) is 21.0. The molecule has 0 unspecified atom stereocenters. The van der Waals surface area contributed by atoms with Crippen LogP contribution in [0.5, 0.6) is 11.5 Å². The summed E-state index contributed by atoms with van der Waals surface area (Å²) in [6.45, 7) is 0. The van der Waals surface area contributed by atoms with Gasteiger partial charge in [-0.1, -0.05) is 30.3 Å². The first-order valence-electron chi connectivity index (χ1n) is 9.39. The topological polar surface area (TPSA) is 47.6 Å². The summed E-state index contributed by atoms with van der Waals surface area (Å²) in [4.78, 5) is 12.8. The van der Waals surface area contributed by atoms with Crippen molar-refractivity contribution in [1.29, 1.82) is 0 Å². The second-order valence-corrected chi connectivity index (χ2v) is 6.79. The van der Waals surface area contributed by atoms with Crippen LogP contribution in [0.1, 0.15) is 21.5 Å². The van der Waals surface area contributed by atoms with Gasteiger partial charge in [-0.15, -0.1) is 0 Å². The Labute approximate surface area is 170 Å². The molecule has 0 bridgehead atoms. The highest BCUT2D eigenvalue weighted by Crippen LogP contribution is 2.17. The molecule has 3 aromatic carbocycles. The van der Waals surface area contributed by atoms with E-state index in [1.54, 1.807) is 50.6 Å². The highest BCUT2D eigenvalue weighted by molar-refractivity contribution is 5.94. The third-order valence-electron chi connectivity index (χ3n) is 4.70. The number of hydrogen-bond donors (Lipinski definition) is 1. The summed E-state index contributed by atoms with van der Waals surface area (Å²) in [5, 5.41) is 3.11. The minimum atomic E-state index is -0.277. The molecule has 3 rings (SSSR count). The fourth-order valence-electron chi connectivity index (χ4n) is 3.16. The maximum Gasteiger partial charge on any atom is 0.251 e. The Hall–Kier alpha value is -3.34. The number of nitrogens with one attached hydrogen (secondary N) is 1. The SMILES string of the molecule is COc1ccc(C[C@@H](Cc2ccc(F)cc2)NC(=O)c2cccc(OC)c2)cc1. The van der Waals surface area contributed by atoms with Crippen LogP contribution in [0.4, 0.5) is 4.39 Å². The van der Waals surface area contributed by atoms with E-state index >= 15 is 0 Å². The molecule has 0 radical (unpaired) electrons. The maximum absolute atomic E-state index is 13.3. The molecular weight excluding hydrogens is 369 g/mol. The van der Waals surface area contributed by atoms with Crippen LogP contribution in [0.25, 0.3) is 0 Å². The molecule has 150 valence electrons. The number of benzene rings is 3. The quantitative estimate of drug-likeness (QED) is 0.616. The minimum absolute atomic E-state index is 0.160. The van der Waals surface area contributed by atoms with Crippen LogP contribution >= 0.6 is 0 Å². The predicted octanol–water partition coefficient (Wildman–Crippen LogP) is 4.43. The van der Waals surface area contributed by atoms with Gasteiger partial charge in [-0.2, -0.15) is 0 Å². The van der Waals surface area contributed by atoms with Gasteiger partial charge >= 0.3 is 0 Å². The van der Waals surface area contributed by atoms with Crippen LogP contribution in [0, 0.1) is 5.82 Å². The Kier molecular flexibility index (Phi) is 6.85. The Morgan fingerprint density at radius 1 is 0.862 bits per heavy atom. The third kappa shape index (κ3) is 5.82. The van der Waals surface area contributed by atoms with Gasteiger partial charge in [-0.05, 0) is 66.4 Å². The molecule has 0 aliphatic heterocycles. The van der Waals surface area contributed by atoms with E-state index < -0.39 is 0 Å². The van der Waals surface area contributed by atoms with Gasteiger partial charge in [0.05, 0.1) is 14.2 Å². The van der Waals surface area contributed by atoms with Crippen molar-refractivity contribution in [2.75, 3.05) is 14.2 Å². The van der Waals surface area contributed by atoms with Gasteiger partial charge in [0.15, 0.2) is 0 Å². The predicted molar refractivity (Wildman–Crippen MR) is 111 cm³/mol. The first kappa shape index (κ1) is 20.4. The van der Waals surface area contributed by atoms with Crippen LogP contribution in [0.15, 0.2) is 72.8 Å². The number of ether oxygens (including phenoxy) is 2. The Bertz CT molecular complexity index is 939. The van der Waals surface area contributed by atoms with E-state index in [0.717, 1.165) is 16.9 Å². The highest BCUT2D eigenvalue weighted by Gasteiger charge is 2.16. The van der Waals surface area contributed by atoms with Crippen molar-refractivity contribution in [2.45, 2.75) is 18.9 Å². The number of hydrogen-bond acceptors (Lipinski definition) is 3. The summed E-state index contributed by atoms with van der Waals surface area (Å²) in [5.41, 5.74) is 2.56. The Morgan fingerprint density at radius 2 is 1.45 bits per heavy atom. The number of halogens is 1. The number of rotatable bonds is 8. The number of amides is 1. The number of carbonyl (C=O) groups excluding carboxylic acids is 1. The van der Waals surface area contributed by atoms with Crippen LogP contribution < -0.4 is 14.8 Å².